The van der Waals surface area contributed by atoms with Crippen LogP contribution in [0.1, 0.15) is 24.8 Å². The van der Waals surface area contributed by atoms with Gasteiger partial charge in [0.05, 0.1) is 4.90 Å². The second-order valence-electron chi connectivity index (χ2n) is 10.1. The van der Waals surface area contributed by atoms with Crippen molar-refractivity contribution in [2.45, 2.75) is 35.6 Å². The number of sulfonamides is 1. The van der Waals surface area contributed by atoms with E-state index in [9.17, 15) is 27.5 Å². The Labute approximate surface area is 228 Å². The molecule has 10 nitrogen and oxygen atoms in total. The van der Waals surface area contributed by atoms with Gasteiger partial charge in [-0.2, -0.15) is 0 Å². The van der Waals surface area contributed by atoms with Gasteiger partial charge in [-0.05, 0) is 67.3 Å². The fourth-order valence-corrected chi connectivity index (χ4v) is 7.76. The summed E-state index contributed by atoms with van der Waals surface area (Å²) in [6.07, 6.45) is 2.22. The van der Waals surface area contributed by atoms with E-state index >= 15 is 0 Å². The van der Waals surface area contributed by atoms with Gasteiger partial charge in [-0.1, -0.05) is 0 Å². The lowest BCUT2D eigenvalue weighted by atomic mass is 9.74. The number of amides is 2. The van der Waals surface area contributed by atoms with Crippen LogP contribution in [0.2, 0.25) is 0 Å². The van der Waals surface area contributed by atoms with Crippen molar-refractivity contribution >= 4 is 49.9 Å². The molecule has 2 fully saturated rings. The number of nitrogens with zero attached hydrogens (tertiary/aromatic N) is 4. The minimum Gasteiger partial charge on any atom is -0.465 e. The number of halogens is 1. The lowest BCUT2D eigenvalue weighted by Crippen LogP contribution is -2.49. The standard InChI is InChI=1S/C26H26FN5O5S2/c27-17-1-6-21-20(15-17)26(8-12-30(13-9-26)25(34)35)16-32(21)22-7-11-31(23(22)33)18-2-4-19(5-3-18)39(36,37)29-24-28-10-14-38-24/h1-6,10,14-15,22H,7-9,11-13,16H2,(H,28,29)(H,34,35). The van der Waals surface area contributed by atoms with Crippen LogP contribution in [0.4, 0.5) is 25.7 Å². The van der Waals surface area contributed by atoms with Gasteiger partial charge in [0.1, 0.15) is 11.9 Å². The van der Waals surface area contributed by atoms with Crippen LogP contribution in [-0.2, 0) is 20.2 Å². The number of likely N-dealkylation sites (tertiary alicyclic amines) is 1. The van der Waals surface area contributed by atoms with Crippen molar-refractivity contribution < 1.29 is 27.5 Å². The monoisotopic (exact) mass is 571 g/mol. The normalized spacial score (nSPS) is 20.5. The molecule has 204 valence electrons. The highest BCUT2D eigenvalue weighted by molar-refractivity contribution is 7.93. The Morgan fingerprint density at radius 2 is 1.87 bits per heavy atom. The maximum atomic E-state index is 14.3. The Balaban J connectivity index is 1.21. The molecule has 4 heterocycles. The number of nitrogens with one attached hydrogen (secondary N) is 1. The maximum Gasteiger partial charge on any atom is 0.407 e. The lowest BCUT2D eigenvalue weighted by molar-refractivity contribution is -0.118. The highest BCUT2D eigenvalue weighted by Gasteiger charge is 2.49. The largest absolute Gasteiger partial charge is 0.465 e. The predicted octanol–water partition coefficient (Wildman–Crippen LogP) is 3.72. The topological polar surface area (TPSA) is 123 Å². The zero-order valence-corrected chi connectivity index (χ0v) is 22.4. The molecule has 1 aromatic heterocycles. The van der Waals surface area contributed by atoms with E-state index in [-0.39, 0.29) is 21.8 Å². The summed E-state index contributed by atoms with van der Waals surface area (Å²) in [5, 5.41) is 11.3. The molecule has 2 aromatic carbocycles. The fraction of sp³-hybridized carbons (Fsp3) is 0.346. The van der Waals surface area contributed by atoms with Crippen molar-refractivity contribution in [3.05, 3.63) is 65.4 Å². The van der Waals surface area contributed by atoms with Crippen molar-refractivity contribution in [2.24, 2.45) is 0 Å². The van der Waals surface area contributed by atoms with Gasteiger partial charge in [-0.15, -0.1) is 11.3 Å². The van der Waals surface area contributed by atoms with Crippen molar-refractivity contribution in [2.75, 3.05) is 40.7 Å². The summed E-state index contributed by atoms with van der Waals surface area (Å²) in [7, 11) is -3.81. The Bertz CT molecular complexity index is 1520. The molecule has 1 spiro atoms. The first-order valence-electron chi connectivity index (χ1n) is 12.6. The number of benzene rings is 2. The van der Waals surface area contributed by atoms with Gasteiger partial charge in [0.2, 0.25) is 5.91 Å². The van der Waals surface area contributed by atoms with Crippen LogP contribution >= 0.6 is 11.3 Å². The molecule has 0 bridgehead atoms. The van der Waals surface area contributed by atoms with Crippen LogP contribution in [0.25, 0.3) is 0 Å². The van der Waals surface area contributed by atoms with E-state index in [4.69, 9.17) is 0 Å². The molecule has 3 aromatic rings. The first-order valence-corrected chi connectivity index (χ1v) is 14.9. The number of carbonyl (C=O) groups excluding carboxylic acids is 1. The van der Waals surface area contributed by atoms with Crippen LogP contribution in [0, 0.1) is 5.82 Å². The highest BCUT2D eigenvalue weighted by Crippen LogP contribution is 2.49. The number of rotatable bonds is 5. The summed E-state index contributed by atoms with van der Waals surface area (Å²) in [5.74, 6) is -0.462. The minimum atomic E-state index is -3.81. The van der Waals surface area contributed by atoms with Crippen LogP contribution in [0.5, 0.6) is 0 Å². The summed E-state index contributed by atoms with van der Waals surface area (Å²) in [5.41, 5.74) is 1.83. The fourth-order valence-electron chi connectivity index (χ4n) is 5.97. The predicted molar refractivity (Wildman–Crippen MR) is 144 cm³/mol. The molecule has 3 aliphatic heterocycles. The Morgan fingerprint density at radius 1 is 1.13 bits per heavy atom. The van der Waals surface area contributed by atoms with Crippen LogP contribution < -0.4 is 14.5 Å². The average molecular weight is 572 g/mol. The number of aromatic nitrogens is 1. The number of piperidine rings is 1. The summed E-state index contributed by atoms with van der Waals surface area (Å²) in [6, 6.07) is 10.3. The van der Waals surface area contributed by atoms with E-state index < -0.39 is 27.6 Å². The summed E-state index contributed by atoms with van der Waals surface area (Å²) in [6.45, 7) is 1.69. The van der Waals surface area contributed by atoms with Gasteiger partial charge in [0.15, 0.2) is 5.13 Å². The molecule has 3 aliphatic rings. The number of hydrogen-bond acceptors (Lipinski definition) is 7. The van der Waals surface area contributed by atoms with E-state index in [1.165, 1.54) is 46.7 Å². The molecule has 13 heteroatoms. The molecule has 1 atom stereocenters. The number of hydrogen-bond donors (Lipinski definition) is 2. The highest BCUT2D eigenvalue weighted by atomic mass is 32.2. The van der Waals surface area contributed by atoms with Gasteiger partial charge in [0, 0.05) is 54.5 Å². The molecule has 6 rings (SSSR count). The molecular formula is C26H26FN5O5S2. The average Bonchev–Trinajstić information content (AvgIpc) is 3.63. The van der Waals surface area contributed by atoms with Gasteiger partial charge in [-0.3, -0.25) is 9.52 Å². The smallest absolute Gasteiger partial charge is 0.407 e. The van der Waals surface area contributed by atoms with Crippen molar-refractivity contribution in [1.82, 2.24) is 9.88 Å². The van der Waals surface area contributed by atoms with Crippen molar-refractivity contribution in [3.63, 3.8) is 0 Å². The number of carboxylic acid groups (broad SMARTS) is 1. The third-order valence-electron chi connectivity index (χ3n) is 7.97. The molecule has 0 aliphatic carbocycles. The number of anilines is 3. The van der Waals surface area contributed by atoms with Gasteiger partial charge in [0.25, 0.3) is 10.0 Å². The molecular weight excluding hydrogens is 545 g/mol. The van der Waals surface area contributed by atoms with Crippen molar-refractivity contribution in [3.8, 4) is 0 Å². The molecule has 2 saturated heterocycles. The molecule has 2 amide bonds. The van der Waals surface area contributed by atoms with Gasteiger partial charge < -0.3 is 19.8 Å². The summed E-state index contributed by atoms with van der Waals surface area (Å²) in [4.78, 5) is 34.2. The van der Waals surface area contributed by atoms with Gasteiger partial charge in [-0.25, -0.2) is 22.6 Å². The second-order valence-corrected chi connectivity index (χ2v) is 12.6. The van der Waals surface area contributed by atoms with Crippen molar-refractivity contribution in [1.29, 1.82) is 0 Å². The zero-order chi connectivity index (χ0) is 27.4. The summed E-state index contributed by atoms with van der Waals surface area (Å²) >= 11 is 1.18. The molecule has 0 saturated carbocycles. The van der Waals surface area contributed by atoms with E-state index in [1.54, 1.807) is 28.5 Å². The zero-order valence-electron chi connectivity index (χ0n) is 20.8. The van der Waals surface area contributed by atoms with E-state index in [2.05, 4.69) is 9.71 Å². The molecule has 1 unspecified atom stereocenters. The number of carbonyl (C=O) groups is 2. The van der Waals surface area contributed by atoms with Crippen LogP contribution in [-0.4, -0.2) is 67.6 Å². The Morgan fingerprint density at radius 3 is 2.54 bits per heavy atom. The summed E-state index contributed by atoms with van der Waals surface area (Å²) < 4.78 is 42.1. The van der Waals surface area contributed by atoms with Gasteiger partial charge >= 0.3 is 6.09 Å². The minimum absolute atomic E-state index is 0.0646. The third kappa shape index (κ3) is 4.48. The SMILES string of the molecule is O=C(O)N1CCC2(CC1)CN(C1CCN(c3ccc(S(=O)(=O)Nc4nccs4)cc3)C1=O)c1ccc(F)cc12. The first-order chi connectivity index (χ1) is 18.7. The van der Waals surface area contributed by atoms with E-state index in [0.29, 0.717) is 51.1 Å². The van der Waals surface area contributed by atoms with Crippen LogP contribution in [0.15, 0.2) is 58.9 Å². The second kappa shape index (κ2) is 9.49. The molecule has 2 N–H and O–H groups in total. The first kappa shape index (κ1) is 25.6. The Kier molecular flexibility index (Phi) is 6.22. The lowest BCUT2D eigenvalue weighted by Gasteiger charge is -2.39. The quantitative estimate of drug-likeness (QED) is 0.479. The number of thiazole rings is 1. The molecule has 39 heavy (non-hydrogen) atoms. The molecule has 0 radical (unpaired) electrons. The maximum absolute atomic E-state index is 14.3. The third-order valence-corrected chi connectivity index (χ3v) is 10.1. The van der Waals surface area contributed by atoms with E-state index in [0.717, 1.165) is 11.3 Å². The van der Waals surface area contributed by atoms with E-state index in [1.807, 2.05) is 4.90 Å². The number of fused-ring (bicyclic) bond motifs is 2. The van der Waals surface area contributed by atoms with Crippen LogP contribution in [0.3, 0.4) is 0 Å². The Hall–Kier alpha value is -3.71.